The van der Waals surface area contributed by atoms with Crippen LogP contribution >= 0.6 is 0 Å². The smallest absolute Gasteiger partial charge is 0.239 e. The number of ether oxygens (including phenoxy) is 1. The fraction of sp³-hybridized carbons (Fsp3) is 0.545. The standard InChI is InChI=1S/C22H31N5O2/c1-18(25-14-16-29-17-15-25)22(28)27-12-10-26(11-13-27)20(19-6-4-3-5-7-19)21-23-8-9-24(21)2/h3-9,18,20H,10-17H2,1-2H3/t18-,20-/m1/s1. The maximum Gasteiger partial charge on any atom is 0.239 e. The van der Waals surface area contributed by atoms with Gasteiger partial charge in [-0.3, -0.25) is 14.6 Å². The molecule has 2 saturated heterocycles. The average molecular weight is 398 g/mol. The lowest BCUT2D eigenvalue weighted by molar-refractivity contribution is -0.140. The molecule has 0 spiro atoms. The maximum absolute atomic E-state index is 13.0. The van der Waals surface area contributed by atoms with Gasteiger partial charge in [-0.1, -0.05) is 30.3 Å². The minimum Gasteiger partial charge on any atom is -0.379 e. The lowest BCUT2D eigenvalue weighted by Crippen LogP contribution is -2.56. The summed E-state index contributed by atoms with van der Waals surface area (Å²) in [7, 11) is 2.04. The second kappa shape index (κ2) is 9.07. The van der Waals surface area contributed by atoms with Crippen LogP contribution in [0.2, 0.25) is 0 Å². The van der Waals surface area contributed by atoms with Crippen LogP contribution in [0, 0.1) is 0 Å². The van der Waals surface area contributed by atoms with Gasteiger partial charge in [-0.2, -0.15) is 0 Å². The highest BCUT2D eigenvalue weighted by Crippen LogP contribution is 2.28. The molecule has 7 heteroatoms. The zero-order valence-corrected chi connectivity index (χ0v) is 17.4. The van der Waals surface area contributed by atoms with Crippen LogP contribution in [-0.4, -0.2) is 88.7 Å². The molecule has 1 aromatic heterocycles. The lowest BCUT2D eigenvalue weighted by Gasteiger charge is -2.41. The van der Waals surface area contributed by atoms with Crippen molar-refractivity contribution >= 4 is 5.91 Å². The number of aromatic nitrogens is 2. The van der Waals surface area contributed by atoms with Gasteiger partial charge in [0.15, 0.2) is 0 Å². The molecule has 2 aliphatic rings. The van der Waals surface area contributed by atoms with Gasteiger partial charge in [0.2, 0.25) is 5.91 Å². The molecule has 0 radical (unpaired) electrons. The Labute approximate surface area is 172 Å². The van der Waals surface area contributed by atoms with Gasteiger partial charge in [-0.25, -0.2) is 4.98 Å². The number of carbonyl (C=O) groups excluding carboxylic acids is 1. The third kappa shape index (κ3) is 4.37. The van der Waals surface area contributed by atoms with E-state index in [2.05, 4.69) is 43.6 Å². The van der Waals surface area contributed by atoms with Crippen molar-refractivity contribution in [2.45, 2.75) is 19.0 Å². The normalized spacial score (nSPS) is 21.1. The Bertz CT molecular complexity index is 795. The Morgan fingerprint density at radius 3 is 2.31 bits per heavy atom. The highest BCUT2D eigenvalue weighted by molar-refractivity contribution is 5.81. The molecule has 2 fully saturated rings. The van der Waals surface area contributed by atoms with E-state index < -0.39 is 0 Å². The van der Waals surface area contributed by atoms with Crippen LogP contribution in [-0.2, 0) is 16.6 Å². The molecule has 2 atom stereocenters. The Hall–Kier alpha value is -2.22. The number of carbonyl (C=O) groups is 1. The van der Waals surface area contributed by atoms with E-state index in [0.717, 1.165) is 45.1 Å². The fourth-order valence-electron chi connectivity index (χ4n) is 4.38. The number of piperazine rings is 1. The molecule has 7 nitrogen and oxygen atoms in total. The Kier molecular flexibility index (Phi) is 6.28. The number of hydrogen-bond acceptors (Lipinski definition) is 5. The first-order valence-corrected chi connectivity index (χ1v) is 10.5. The quantitative estimate of drug-likeness (QED) is 0.763. The number of nitrogens with zero attached hydrogens (tertiary/aromatic N) is 5. The van der Waals surface area contributed by atoms with Crippen molar-refractivity contribution in [1.82, 2.24) is 24.3 Å². The van der Waals surface area contributed by atoms with Crippen molar-refractivity contribution in [3.05, 3.63) is 54.1 Å². The molecule has 2 aromatic rings. The van der Waals surface area contributed by atoms with Gasteiger partial charge in [0, 0.05) is 58.7 Å². The Morgan fingerprint density at radius 1 is 1.00 bits per heavy atom. The minimum atomic E-state index is -0.0788. The van der Waals surface area contributed by atoms with Crippen LogP contribution in [0.3, 0.4) is 0 Å². The third-order valence-electron chi connectivity index (χ3n) is 6.16. The van der Waals surface area contributed by atoms with Crippen LogP contribution in [0.5, 0.6) is 0 Å². The fourth-order valence-corrected chi connectivity index (χ4v) is 4.38. The Balaban J connectivity index is 1.44. The number of rotatable bonds is 5. The number of imidazole rings is 1. The third-order valence-corrected chi connectivity index (χ3v) is 6.16. The topological polar surface area (TPSA) is 53.8 Å². The highest BCUT2D eigenvalue weighted by atomic mass is 16.5. The van der Waals surface area contributed by atoms with Gasteiger partial charge in [0.1, 0.15) is 5.82 Å². The number of morpholine rings is 1. The molecular weight excluding hydrogens is 366 g/mol. The molecule has 0 saturated carbocycles. The molecular formula is C22H31N5O2. The summed E-state index contributed by atoms with van der Waals surface area (Å²) in [5, 5.41) is 0. The van der Waals surface area contributed by atoms with Crippen molar-refractivity contribution < 1.29 is 9.53 Å². The van der Waals surface area contributed by atoms with Gasteiger partial charge in [-0.15, -0.1) is 0 Å². The number of benzene rings is 1. The lowest BCUT2D eigenvalue weighted by atomic mass is 10.0. The number of amides is 1. The molecule has 4 rings (SSSR count). The zero-order valence-electron chi connectivity index (χ0n) is 17.4. The second-order valence-electron chi connectivity index (χ2n) is 7.90. The van der Waals surface area contributed by atoms with Crippen LogP contribution in [0.1, 0.15) is 24.4 Å². The molecule has 3 heterocycles. The summed E-state index contributed by atoms with van der Waals surface area (Å²) in [5.74, 6) is 1.28. The minimum absolute atomic E-state index is 0.0788. The predicted octanol–water partition coefficient (Wildman–Crippen LogP) is 1.37. The maximum atomic E-state index is 13.0. The predicted molar refractivity (Wildman–Crippen MR) is 112 cm³/mol. The largest absolute Gasteiger partial charge is 0.379 e. The first kappa shape index (κ1) is 20.1. The zero-order chi connectivity index (χ0) is 20.2. The SMILES string of the molecule is C[C@H](C(=O)N1CCN([C@H](c2ccccc2)c2nccn2C)CC1)N1CCOCC1. The van der Waals surface area contributed by atoms with Crippen molar-refractivity contribution in [2.24, 2.45) is 7.05 Å². The van der Waals surface area contributed by atoms with E-state index in [1.807, 2.05) is 37.3 Å². The summed E-state index contributed by atoms with van der Waals surface area (Å²) in [6.07, 6.45) is 3.85. The van der Waals surface area contributed by atoms with Gasteiger partial charge >= 0.3 is 0 Å². The molecule has 29 heavy (non-hydrogen) atoms. The summed E-state index contributed by atoms with van der Waals surface area (Å²) in [6, 6.07) is 10.6. The summed E-state index contributed by atoms with van der Waals surface area (Å²) < 4.78 is 7.51. The van der Waals surface area contributed by atoms with E-state index in [4.69, 9.17) is 4.74 Å². The van der Waals surface area contributed by atoms with Gasteiger partial charge in [0.25, 0.3) is 0 Å². The van der Waals surface area contributed by atoms with Crippen molar-refractivity contribution in [1.29, 1.82) is 0 Å². The van der Waals surface area contributed by atoms with E-state index in [-0.39, 0.29) is 18.0 Å². The molecule has 0 N–H and O–H groups in total. The van der Waals surface area contributed by atoms with Crippen molar-refractivity contribution in [3.8, 4) is 0 Å². The molecule has 156 valence electrons. The number of hydrogen-bond donors (Lipinski definition) is 0. The van der Waals surface area contributed by atoms with E-state index in [1.54, 1.807) is 0 Å². The van der Waals surface area contributed by atoms with Crippen molar-refractivity contribution in [2.75, 3.05) is 52.5 Å². The average Bonchev–Trinajstić information content (AvgIpc) is 3.20. The molecule has 0 bridgehead atoms. The summed E-state index contributed by atoms with van der Waals surface area (Å²) in [4.78, 5) is 24.4. The first-order valence-electron chi connectivity index (χ1n) is 10.5. The van der Waals surface area contributed by atoms with Crippen LogP contribution in [0.4, 0.5) is 0 Å². The van der Waals surface area contributed by atoms with Crippen LogP contribution in [0.25, 0.3) is 0 Å². The van der Waals surface area contributed by atoms with E-state index in [9.17, 15) is 4.79 Å². The number of aryl methyl sites for hydroxylation is 1. The van der Waals surface area contributed by atoms with E-state index >= 15 is 0 Å². The molecule has 1 aromatic carbocycles. The van der Waals surface area contributed by atoms with Crippen LogP contribution < -0.4 is 0 Å². The van der Waals surface area contributed by atoms with Gasteiger partial charge in [0.05, 0.1) is 25.3 Å². The van der Waals surface area contributed by atoms with E-state index in [1.165, 1.54) is 5.56 Å². The summed E-state index contributed by atoms with van der Waals surface area (Å²) in [5.41, 5.74) is 1.24. The molecule has 0 unspecified atom stereocenters. The monoisotopic (exact) mass is 397 g/mol. The summed E-state index contributed by atoms with van der Waals surface area (Å²) >= 11 is 0. The molecule has 0 aliphatic carbocycles. The van der Waals surface area contributed by atoms with Crippen LogP contribution in [0.15, 0.2) is 42.7 Å². The summed E-state index contributed by atoms with van der Waals surface area (Å²) in [6.45, 7) is 8.32. The van der Waals surface area contributed by atoms with Gasteiger partial charge < -0.3 is 14.2 Å². The van der Waals surface area contributed by atoms with E-state index in [0.29, 0.717) is 13.2 Å². The Morgan fingerprint density at radius 2 is 1.69 bits per heavy atom. The first-order chi connectivity index (χ1) is 14.1. The van der Waals surface area contributed by atoms with Gasteiger partial charge in [-0.05, 0) is 12.5 Å². The highest BCUT2D eigenvalue weighted by Gasteiger charge is 2.33. The second-order valence-corrected chi connectivity index (χ2v) is 7.90. The molecule has 2 aliphatic heterocycles. The van der Waals surface area contributed by atoms with Crippen molar-refractivity contribution in [3.63, 3.8) is 0 Å². The molecule has 1 amide bonds.